The minimum atomic E-state index is -0.942. The Hall–Kier alpha value is -1.20. The Bertz CT molecular complexity index is 514. The molecule has 2 fully saturated rings. The third-order valence-corrected chi connectivity index (χ3v) is 4.25. The zero-order chi connectivity index (χ0) is 14.1. The van der Waals surface area contributed by atoms with Crippen LogP contribution in [-0.2, 0) is 4.79 Å². The summed E-state index contributed by atoms with van der Waals surface area (Å²) in [4.78, 5) is 12.0. The first-order valence-corrected chi connectivity index (χ1v) is 7.11. The minimum Gasteiger partial charge on any atom is -0.326 e. The third kappa shape index (κ3) is 3.92. The van der Waals surface area contributed by atoms with Crippen molar-refractivity contribution in [2.75, 3.05) is 5.32 Å². The molecule has 0 aliphatic carbocycles. The molecule has 116 valence electrons. The van der Waals surface area contributed by atoms with Crippen LogP contribution < -0.4 is 10.6 Å². The average Bonchev–Trinajstić information content (AvgIpc) is 2.73. The smallest absolute Gasteiger partial charge is 0.224 e. The van der Waals surface area contributed by atoms with Gasteiger partial charge < -0.3 is 10.6 Å². The van der Waals surface area contributed by atoms with Crippen molar-refractivity contribution in [2.45, 2.75) is 44.2 Å². The number of benzene rings is 1. The summed E-state index contributed by atoms with van der Waals surface area (Å²) in [6.45, 7) is 0. The van der Waals surface area contributed by atoms with Gasteiger partial charge in [-0.25, -0.2) is 8.78 Å². The molecule has 2 unspecified atom stereocenters. The fraction of sp³-hybridized carbons (Fsp3) is 0.533. The van der Waals surface area contributed by atoms with Gasteiger partial charge in [-0.3, -0.25) is 4.79 Å². The van der Waals surface area contributed by atoms with Crippen LogP contribution in [0.3, 0.4) is 0 Å². The van der Waals surface area contributed by atoms with E-state index in [9.17, 15) is 13.6 Å². The molecule has 0 aromatic heterocycles. The minimum absolute atomic E-state index is 0. The van der Waals surface area contributed by atoms with Gasteiger partial charge in [0.1, 0.15) is 0 Å². The normalized spacial score (nSPS) is 27.0. The first-order valence-electron chi connectivity index (χ1n) is 7.11. The summed E-state index contributed by atoms with van der Waals surface area (Å²) >= 11 is 0. The van der Waals surface area contributed by atoms with Crippen LogP contribution in [0, 0.1) is 17.6 Å². The van der Waals surface area contributed by atoms with E-state index in [1.807, 2.05) is 0 Å². The molecule has 6 heteroatoms. The first kappa shape index (κ1) is 16.2. The summed E-state index contributed by atoms with van der Waals surface area (Å²) in [7, 11) is 0. The second-order valence-corrected chi connectivity index (χ2v) is 5.86. The highest BCUT2D eigenvalue weighted by Crippen LogP contribution is 2.32. The monoisotopic (exact) mass is 316 g/mol. The van der Waals surface area contributed by atoms with Gasteiger partial charge in [-0.2, -0.15) is 0 Å². The summed E-state index contributed by atoms with van der Waals surface area (Å²) in [5.41, 5.74) is 0.311. The van der Waals surface area contributed by atoms with Crippen molar-refractivity contribution < 1.29 is 13.6 Å². The lowest BCUT2D eigenvalue weighted by Gasteiger charge is -2.28. The standard InChI is InChI=1S/C15H18F2N2O.ClH/c16-13-4-3-12(8-14(13)17)19-15(20)7-9-5-10-1-2-11(6-9)18-10;/h3-4,8-11,18H,1-2,5-7H2,(H,19,20);1H. The first-order chi connectivity index (χ1) is 9.60. The molecule has 2 bridgehead atoms. The fourth-order valence-corrected chi connectivity index (χ4v) is 3.39. The lowest BCUT2D eigenvalue weighted by Crippen LogP contribution is -2.39. The van der Waals surface area contributed by atoms with Crippen molar-refractivity contribution in [3.05, 3.63) is 29.8 Å². The van der Waals surface area contributed by atoms with E-state index in [1.54, 1.807) is 0 Å². The third-order valence-electron chi connectivity index (χ3n) is 4.25. The van der Waals surface area contributed by atoms with Gasteiger partial charge in [0, 0.05) is 30.3 Å². The van der Waals surface area contributed by atoms with E-state index in [0.29, 0.717) is 30.1 Å². The summed E-state index contributed by atoms with van der Waals surface area (Å²) in [6.07, 6.45) is 4.91. The topological polar surface area (TPSA) is 41.1 Å². The molecule has 2 saturated heterocycles. The highest BCUT2D eigenvalue weighted by atomic mass is 35.5. The molecule has 1 amide bonds. The molecule has 1 aromatic carbocycles. The van der Waals surface area contributed by atoms with E-state index in [-0.39, 0.29) is 18.3 Å². The number of carbonyl (C=O) groups is 1. The lowest BCUT2D eigenvalue weighted by molar-refractivity contribution is -0.117. The molecule has 0 saturated carbocycles. The maximum Gasteiger partial charge on any atom is 0.224 e. The summed E-state index contributed by atoms with van der Waals surface area (Å²) < 4.78 is 25.9. The second kappa shape index (κ2) is 6.71. The van der Waals surface area contributed by atoms with Crippen LogP contribution in [-0.4, -0.2) is 18.0 Å². The van der Waals surface area contributed by atoms with Gasteiger partial charge in [-0.05, 0) is 43.7 Å². The van der Waals surface area contributed by atoms with Gasteiger partial charge in [0.2, 0.25) is 5.91 Å². The maximum absolute atomic E-state index is 13.1. The Kier molecular flexibility index (Phi) is 5.17. The highest BCUT2D eigenvalue weighted by molar-refractivity contribution is 5.90. The Labute approximate surface area is 128 Å². The summed E-state index contributed by atoms with van der Waals surface area (Å²) in [5, 5.41) is 6.18. The number of hydrogen-bond donors (Lipinski definition) is 2. The second-order valence-electron chi connectivity index (χ2n) is 5.86. The van der Waals surface area contributed by atoms with Gasteiger partial charge in [0.05, 0.1) is 0 Å². The molecule has 0 spiro atoms. The number of rotatable bonds is 3. The number of amides is 1. The lowest BCUT2D eigenvalue weighted by atomic mass is 9.89. The SMILES string of the molecule is Cl.O=C(CC1CC2CCC(C1)N2)Nc1ccc(F)c(F)c1. The van der Waals surface area contributed by atoms with Gasteiger partial charge in [0.25, 0.3) is 0 Å². The van der Waals surface area contributed by atoms with Gasteiger partial charge >= 0.3 is 0 Å². The number of hydrogen-bond acceptors (Lipinski definition) is 2. The molecule has 2 N–H and O–H groups in total. The number of anilines is 1. The van der Waals surface area contributed by atoms with Crippen LogP contribution in [0.15, 0.2) is 18.2 Å². The van der Waals surface area contributed by atoms with E-state index in [1.165, 1.54) is 18.9 Å². The number of carbonyl (C=O) groups excluding carboxylic acids is 1. The van der Waals surface area contributed by atoms with Crippen molar-refractivity contribution >= 4 is 24.0 Å². The predicted molar refractivity (Wildman–Crippen MR) is 79.5 cm³/mol. The molecule has 2 heterocycles. The molecule has 21 heavy (non-hydrogen) atoms. The Morgan fingerprint density at radius 2 is 1.86 bits per heavy atom. The molecular formula is C15H19ClF2N2O. The van der Waals surface area contributed by atoms with E-state index >= 15 is 0 Å². The Balaban J connectivity index is 0.00000161. The number of nitrogens with one attached hydrogen (secondary N) is 2. The largest absolute Gasteiger partial charge is 0.326 e. The van der Waals surface area contributed by atoms with Gasteiger partial charge in [0.15, 0.2) is 11.6 Å². The average molecular weight is 317 g/mol. The van der Waals surface area contributed by atoms with Crippen molar-refractivity contribution in [1.82, 2.24) is 5.32 Å². The quantitative estimate of drug-likeness (QED) is 0.899. The maximum atomic E-state index is 13.1. The molecule has 1 aromatic rings. The molecule has 2 aliphatic heterocycles. The van der Waals surface area contributed by atoms with Crippen molar-refractivity contribution in [1.29, 1.82) is 0 Å². The summed E-state index contributed by atoms with van der Waals surface area (Å²) in [6, 6.07) is 4.52. The van der Waals surface area contributed by atoms with Crippen LogP contribution in [0.4, 0.5) is 14.5 Å². The van der Waals surface area contributed by atoms with E-state index in [2.05, 4.69) is 10.6 Å². The van der Waals surface area contributed by atoms with Crippen LogP contribution in [0.5, 0.6) is 0 Å². The van der Waals surface area contributed by atoms with Crippen molar-refractivity contribution in [2.24, 2.45) is 5.92 Å². The van der Waals surface area contributed by atoms with Crippen molar-refractivity contribution in [3.63, 3.8) is 0 Å². The van der Waals surface area contributed by atoms with Crippen LogP contribution in [0.25, 0.3) is 0 Å². The Morgan fingerprint density at radius 1 is 1.19 bits per heavy atom. The van der Waals surface area contributed by atoms with E-state index < -0.39 is 11.6 Å². The molecule has 0 radical (unpaired) electrons. The van der Waals surface area contributed by atoms with E-state index in [0.717, 1.165) is 25.0 Å². The molecule has 3 rings (SSSR count). The molecular weight excluding hydrogens is 298 g/mol. The predicted octanol–water partition coefficient (Wildman–Crippen LogP) is 3.25. The number of piperidine rings is 1. The van der Waals surface area contributed by atoms with Crippen molar-refractivity contribution in [3.8, 4) is 0 Å². The molecule has 2 aliphatic rings. The molecule has 3 nitrogen and oxygen atoms in total. The zero-order valence-electron chi connectivity index (χ0n) is 11.6. The van der Waals surface area contributed by atoms with Gasteiger partial charge in [-0.1, -0.05) is 0 Å². The number of halogens is 3. The number of fused-ring (bicyclic) bond motifs is 2. The fourth-order valence-electron chi connectivity index (χ4n) is 3.39. The van der Waals surface area contributed by atoms with E-state index in [4.69, 9.17) is 0 Å². The van der Waals surface area contributed by atoms with Crippen LogP contribution in [0.2, 0.25) is 0 Å². The highest BCUT2D eigenvalue weighted by Gasteiger charge is 2.34. The van der Waals surface area contributed by atoms with Crippen LogP contribution >= 0.6 is 12.4 Å². The van der Waals surface area contributed by atoms with Gasteiger partial charge in [-0.15, -0.1) is 12.4 Å². The molecule has 2 atom stereocenters. The van der Waals surface area contributed by atoms with Crippen LogP contribution in [0.1, 0.15) is 32.1 Å². The zero-order valence-corrected chi connectivity index (χ0v) is 12.4. The summed E-state index contributed by atoms with van der Waals surface area (Å²) in [5.74, 6) is -1.58. The Morgan fingerprint density at radius 3 is 2.48 bits per heavy atom.